The van der Waals surface area contributed by atoms with E-state index in [-0.39, 0.29) is 6.61 Å². The molecule has 0 heterocycles. The zero-order valence-electron chi connectivity index (χ0n) is 13.3. The number of aliphatic imine (C=N–C) groups is 1. The van der Waals surface area contributed by atoms with Gasteiger partial charge in [-0.25, -0.2) is 4.99 Å². The highest BCUT2D eigenvalue weighted by Crippen LogP contribution is 2.27. The number of para-hydroxylation sites is 2. The minimum Gasteiger partial charge on any atom is -0.484 e. The predicted molar refractivity (Wildman–Crippen MR) is 106 cm³/mol. The lowest BCUT2D eigenvalue weighted by molar-refractivity contribution is 0.376. The second kappa shape index (κ2) is 8.56. The lowest BCUT2D eigenvalue weighted by atomic mass is 10.3. The molecule has 0 saturated carbocycles. The van der Waals surface area contributed by atoms with Gasteiger partial charge in [-0.1, -0.05) is 59.6 Å². The van der Waals surface area contributed by atoms with Gasteiger partial charge in [-0.05, 0) is 36.4 Å². The largest absolute Gasteiger partial charge is 0.484 e. The summed E-state index contributed by atoms with van der Waals surface area (Å²) in [4.78, 5) is 4.63. The molecule has 5 heteroatoms. The minimum absolute atomic E-state index is 0.226. The van der Waals surface area contributed by atoms with Crippen molar-refractivity contribution in [2.75, 3.05) is 11.9 Å². The topological polar surface area (TPSA) is 33.6 Å². The zero-order chi connectivity index (χ0) is 17.5. The monoisotopic (exact) mass is 370 g/mol. The second-order valence-corrected chi connectivity index (χ2v) is 6.09. The first-order valence-electron chi connectivity index (χ1n) is 7.73. The quantitative estimate of drug-likeness (QED) is 0.427. The number of rotatable bonds is 5. The summed E-state index contributed by atoms with van der Waals surface area (Å²) in [5, 5.41) is 4.35. The average molecular weight is 371 g/mol. The Morgan fingerprint density at radius 2 is 1.56 bits per heavy atom. The van der Waals surface area contributed by atoms with E-state index < -0.39 is 0 Å². The fourth-order valence-corrected chi connectivity index (χ4v) is 2.51. The van der Waals surface area contributed by atoms with Crippen LogP contribution >= 0.6 is 23.2 Å². The number of hydrogen-bond acceptors (Lipinski definition) is 2. The molecule has 0 amide bonds. The van der Waals surface area contributed by atoms with Crippen LogP contribution in [0.1, 0.15) is 0 Å². The number of ether oxygens (including phenoxy) is 1. The van der Waals surface area contributed by atoms with Gasteiger partial charge < -0.3 is 10.1 Å². The first kappa shape index (κ1) is 17.3. The molecular weight excluding hydrogens is 355 g/mol. The molecule has 3 aromatic carbocycles. The first-order valence-corrected chi connectivity index (χ1v) is 8.49. The molecule has 126 valence electrons. The Kier molecular flexibility index (Phi) is 5.94. The summed E-state index contributed by atoms with van der Waals surface area (Å²) in [6, 6.07) is 24.6. The van der Waals surface area contributed by atoms with Crippen molar-refractivity contribution in [3.05, 3.63) is 88.9 Å². The molecule has 0 aromatic heterocycles. The smallest absolute Gasteiger partial charge is 0.146 e. The van der Waals surface area contributed by atoms with E-state index in [1.165, 1.54) is 0 Å². The number of benzene rings is 3. The third-order valence-corrected chi connectivity index (χ3v) is 3.89. The van der Waals surface area contributed by atoms with Crippen molar-refractivity contribution in [3.8, 4) is 5.75 Å². The molecule has 0 bridgehead atoms. The van der Waals surface area contributed by atoms with Crippen LogP contribution in [0.3, 0.4) is 0 Å². The minimum atomic E-state index is 0.226. The number of nitrogens with one attached hydrogen (secondary N) is 1. The number of hydrogen-bond donors (Lipinski definition) is 1. The summed E-state index contributed by atoms with van der Waals surface area (Å²) in [6.07, 6.45) is 0. The first-order chi connectivity index (χ1) is 12.2. The Bertz CT molecular complexity index is 852. The highest BCUT2D eigenvalue weighted by molar-refractivity contribution is 6.34. The fourth-order valence-electron chi connectivity index (χ4n) is 2.18. The highest BCUT2D eigenvalue weighted by atomic mass is 35.5. The van der Waals surface area contributed by atoms with E-state index in [1.807, 2.05) is 60.7 Å². The number of amidine groups is 1. The van der Waals surface area contributed by atoms with Crippen molar-refractivity contribution < 1.29 is 4.74 Å². The molecule has 0 spiro atoms. The molecule has 0 aliphatic carbocycles. The number of halogens is 2. The van der Waals surface area contributed by atoms with Crippen LogP contribution in [0.25, 0.3) is 0 Å². The molecule has 3 rings (SSSR count). The van der Waals surface area contributed by atoms with Crippen LogP contribution in [0.4, 0.5) is 11.4 Å². The molecule has 25 heavy (non-hydrogen) atoms. The molecule has 0 saturated heterocycles. The van der Waals surface area contributed by atoms with Crippen LogP contribution in [-0.4, -0.2) is 12.4 Å². The van der Waals surface area contributed by atoms with Gasteiger partial charge in [0.15, 0.2) is 0 Å². The Balaban J connectivity index is 1.81. The van der Waals surface area contributed by atoms with Crippen LogP contribution in [0.2, 0.25) is 10.0 Å². The maximum absolute atomic E-state index is 6.16. The Morgan fingerprint density at radius 3 is 2.28 bits per heavy atom. The molecule has 0 fully saturated rings. The van der Waals surface area contributed by atoms with Crippen molar-refractivity contribution in [1.29, 1.82) is 0 Å². The summed E-state index contributed by atoms with van der Waals surface area (Å²) in [5.41, 5.74) is 1.76. The summed E-state index contributed by atoms with van der Waals surface area (Å²) in [5.74, 6) is 1.18. The van der Waals surface area contributed by atoms with Crippen LogP contribution in [0.5, 0.6) is 5.75 Å². The predicted octanol–water partition coefficient (Wildman–Crippen LogP) is 6.21. The van der Waals surface area contributed by atoms with E-state index in [1.54, 1.807) is 18.2 Å². The summed E-state index contributed by atoms with van der Waals surface area (Å²) in [6.45, 7) is 0.226. The standard InChI is InChI=1S/C20H16Cl2N2O/c21-15-11-12-18(22)19(13-15)25-14-20(23-16-7-3-1-4-8-16)24-17-9-5-2-6-10-17/h1-13H,14H2,(H,23,24). The summed E-state index contributed by atoms with van der Waals surface area (Å²) >= 11 is 12.2. The van der Waals surface area contributed by atoms with Crippen molar-refractivity contribution in [2.24, 2.45) is 4.99 Å². The molecule has 3 aromatic rings. The van der Waals surface area contributed by atoms with Gasteiger partial charge in [0.25, 0.3) is 0 Å². The van der Waals surface area contributed by atoms with Crippen LogP contribution in [0.15, 0.2) is 83.9 Å². The lowest BCUT2D eigenvalue weighted by Gasteiger charge is -2.13. The Labute approximate surface area is 156 Å². The molecule has 0 aliphatic heterocycles. The van der Waals surface area contributed by atoms with Crippen molar-refractivity contribution in [1.82, 2.24) is 0 Å². The maximum atomic E-state index is 6.16. The molecule has 0 atom stereocenters. The SMILES string of the molecule is Clc1ccc(Cl)c(OCC(=Nc2ccccc2)Nc2ccccc2)c1. The maximum Gasteiger partial charge on any atom is 0.146 e. The van der Waals surface area contributed by atoms with E-state index in [0.29, 0.717) is 21.6 Å². The van der Waals surface area contributed by atoms with Crippen molar-refractivity contribution >= 4 is 40.4 Å². The number of nitrogens with zero attached hydrogens (tertiary/aromatic N) is 1. The van der Waals surface area contributed by atoms with Gasteiger partial charge >= 0.3 is 0 Å². The molecule has 0 aliphatic rings. The average Bonchev–Trinajstić information content (AvgIpc) is 2.64. The van der Waals surface area contributed by atoms with E-state index in [4.69, 9.17) is 27.9 Å². The number of anilines is 1. The van der Waals surface area contributed by atoms with E-state index in [2.05, 4.69) is 10.3 Å². The Hall–Kier alpha value is -2.49. The van der Waals surface area contributed by atoms with Crippen LogP contribution in [-0.2, 0) is 0 Å². The van der Waals surface area contributed by atoms with Gasteiger partial charge in [0.1, 0.15) is 18.2 Å². The van der Waals surface area contributed by atoms with Crippen molar-refractivity contribution in [3.63, 3.8) is 0 Å². The van der Waals surface area contributed by atoms with Crippen LogP contribution < -0.4 is 10.1 Å². The highest BCUT2D eigenvalue weighted by Gasteiger charge is 2.07. The van der Waals surface area contributed by atoms with Crippen molar-refractivity contribution in [2.45, 2.75) is 0 Å². The third-order valence-electron chi connectivity index (χ3n) is 3.34. The second-order valence-electron chi connectivity index (χ2n) is 5.25. The fraction of sp³-hybridized carbons (Fsp3) is 0.0500. The molecular formula is C20H16Cl2N2O. The molecule has 3 nitrogen and oxygen atoms in total. The van der Waals surface area contributed by atoms with E-state index >= 15 is 0 Å². The molecule has 0 unspecified atom stereocenters. The molecule has 1 N–H and O–H groups in total. The van der Waals surface area contributed by atoms with Gasteiger partial charge in [-0.15, -0.1) is 0 Å². The van der Waals surface area contributed by atoms with Gasteiger partial charge in [0.2, 0.25) is 0 Å². The Morgan fingerprint density at radius 1 is 0.880 bits per heavy atom. The summed E-state index contributed by atoms with van der Waals surface area (Å²) < 4.78 is 5.81. The van der Waals surface area contributed by atoms with Crippen LogP contribution in [0, 0.1) is 0 Å². The zero-order valence-corrected chi connectivity index (χ0v) is 14.8. The van der Waals surface area contributed by atoms with E-state index in [0.717, 1.165) is 11.4 Å². The lowest BCUT2D eigenvalue weighted by Crippen LogP contribution is -2.20. The molecule has 0 radical (unpaired) electrons. The van der Waals surface area contributed by atoms with Gasteiger partial charge in [0.05, 0.1) is 10.7 Å². The van der Waals surface area contributed by atoms with E-state index in [9.17, 15) is 0 Å². The normalized spacial score (nSPS) is 11.2. The van der Waals surface area contributed by atoms with Gasteiger partial charge in [-0.3, -0.25) is 0 Å². The third kappa shape index (κ3) is 5.24. The summed E-state index contributed by atoms with van der Waals surface area (Å²) in [7, 11) is 0. The van der Waals surface area contributed by atoms with Gasteiger partial charge in [-0.2, -0.15) is 0 Å². The van der Waals surface area contributed by atoms with Gasteiger partial charge in [0, 0.05) is 16.8 Å².